The van der Waals surface area contributed by atoms with Crippen molar-refractivity contribution in [2.45, 2.75) is 19.9 Å². The van der Waals surface area contributed by atoms with Crippen molar-refractivity contribution in [1.29, 1.82) is 0 Å². The molecule has 0 bridgehead atoms. The van der Waals surface area contributed by atoms with Gasteiger partial charge in [0.05, 0.1) is 29.6 Å². The maximum absolute atomic E-state index is 13.3. The molecule has 1 N–H and O–H groups in total. The summed E-state index contributed by atoms with van der Waals surface area (Å²) < 4.78 is 19.6. The van der Waals surface area contributed by atoms with Gasteiger partial charge >= 0.3 is 0 Å². The molecule has 0 atom stereocenters. The van der Waals surface area contributed by atoms with E-state index in [2.05, 4.69) is 20.4 Å². The van der Waals surface area contributed by atoms with Crippen molar-refractivity contribution in [3.63, 3.8) is 0 Å². The molecule has 2 aromatic carbocycles. The molecule has 8 nitrogen and oxygen atoms in total. The topological polar surface area (TPSA) is 103 Å². The zero-order valence-electron chi connectivity index (χ0n) is 15.4. The van der Waals surface area contributed by atoms with Crippen molar-refractivity contribution in [2.75, 3.05) is 0 Å². The van der Waals surface area contributed by atoms with Crippen LogP contribution in [0.25, 0.3) is 16.6 Å². The highest BCUT2D eigenvalue weighted by atomic mass is 19.1. The number of halogens is 1. The first-order chi connectivity index (χ1) is 14.0. The Labute approximate surface area is 164 Å². The van der Waals surface area contributed by atoms with Crippen LogP contribution in [0, 0.1) is 12.7 Å². The van der Waals surface area contributed by atoms with Crippen molar-refractivity contribution in [3.05, 3.63) is 82.2 Å². The summed E-state index contributed by atoms with van der Waals surface area (Å²) in [6, 6.07) is 12.4. The van der Waals surface area contributed by atoms with E-state index in [9.17, 15) is 14.0 Å². The van der Waals surface area contributed by atoms with E-state index in [-0.39, 0.29) is 30.3 Å². The molecule has 0 radical (unpaired) electrons. The van der Waals surface area contributed by atoms with Crippen LogP contribution in [0.5, 0.6) is 0 Å². The molecule has 4 aromatic rings. The van der Waals surface area contributed by atoms with Gasteiger partial charge in [-0.2, -0.15) is 4.98 Å². The number of para-hydroxylation sites is 1. The van der Waals surface area contributed by atoms with Crippen LogP contribution < -0.4 is 10.9 Å². The predicted octanol–water partition coefficient (Wildman–Crippen LogP) is 2.08. The summed E-state index contributed by atoms with van der Waals surface area (Å²) in [4.78, 5) is 33.8. The Hall–Kier alpha value is -3.88. The van der Waals surface area contributed by atoms with Crippen LogP contribution in [0.15, 0.2) is 57.8 Å². The number of aryl methyl sites for hydroxylation is 1. The number of nitrogens with one attached hydrogen (secondary N) is 1. The van der Waals surface area contributed by atoms with Crippen molar-refractivity contribution in [3.8, 4) is 5.69 Å². The zero-order chi connectivity index (χ0) is 20.4. The van der Waals surface area contributed by atoms with E-state index in [0.717, 1.165) is 0 Å². The predicted molar refractivity (Wildman–Crippen MR) is 102 cm³/mol. The Bertz CT molecular complexity index is 1250. The summed E-state index contributed by atoms with van der Waals surface area (Å²) >= 11 is 0. The number of nitrogens with zero attached hydrogens (tertiary/aromatic N) is 4. The second-order valence-electron chi connectivity index (χ2n) is 6.35. The highest BCUT2D eigenvalue weighted by molar-refractivity contribution is 5.79. The largest absolute Gasteiger partial charge is 0.348 e. The lowest BCUT2D eigenvalue weighted by atomic mass is 10.2. The molecule has 2 aromatic heterocycles. The van der Waals surface area contributed by atoms with E-state index < -0.39 is 5.82 Å². The molecule has 0 aliphatic carbocycles. The van der Waals surface area contributed by atoms with E-state index in [0.29, 0.717) is 28.3 Å². The lowest BCUT2D eigenvalue weighted by Gasteiger charge is -2.14. The maximum Gasteiger partial charge on any atom is 0.266 e. The highest BCUT2D eigenvalue weighted by Crippen LogP contribution is 2.14. The van der Waals surface area contributed by atoms with E-state index in [1.165, 1.54) is 28.8 Å². The number of carbonyl (C=O) groups excluding carboxylic acids is 1. The minimum atomic E-state index is -0.416. The molecule has 4 rings (SSSR count). The lowest BCUT2D eigenvalue weighted by molar-refractivity contribution is -0.120. The third kappa shape index (κ3) is 3.88. The molecule has 0 aliphatic rings. The molecule has 0 aliphatic heterocycles. The average molecular weight is 393 g/mol. The molecule has 0 unspecified atom stereocenters. The quantitative estimate of drug-likeness (QED) is 0.557. The Morgan fingerprint density at radius 1 is 1.14 bits per heavy atom. The average Bonchev–Trinajstić information content (AvgIpc) is 3.12. The van der Waals surface area contributed by atoms with Gasteiger partial charge in [-0.15, -0.1) is 0 Å². The molecule has 2 heterocycles. The Morgan fingerprint density at radius 2 is 1.90 bits per heavy atom. The van der Waals surface area contributed by atoms with Gasteiger partial charge in [-0.3, -0.25) is 14.2 Å². The summed E-state index contributed by atoms with van der Waals surface area (Å²) in [5.74, 6) is 0.189. The SMILES string of the molecule is Cc1nc(CC(=O)NCc2nc3ccccc3c(=O)n2-c2ccc(F)cc2)no1. The first-order valence-corrected chi connectivity index (χ1v) is 8.84. The smallest absolute Gasteiger partial charge is 0.266 e. The third-order valence-electron chi connectivity index (χ3n) is 4.26. The van der Waals surface area contributed by atoms with Crippen molar-refractivity contribution >= 4 is 16.8 Å². The van der Waals surface area contributed by atoms with Gasteiger partial charge in [0.15, 0.2) is 5.82 Å². The number of aromatic nitrogens is 4. The Balaban J connectivity index is 1.68. The number of hydrogen-bond acceptors (Lipinski definition) is 6. The minimum Gasteiger partial charge on any atom is -0.348 e. The minimum absolute atomic E-state index is 0.00683. The van der Waals surface area contributed by atoms with E-state index >= 15 is 0 Å². The fourth-order valence-electron chi connectivity index (χ4n) is 2.95. The molecule has 146 valence electrons. The Morgan fingerprint density at radius 3 is 2.62 bits per heavy atom. The van der Waals surface area contributed by atoms with E-state index in [1.54, 1.807) is 31.2 Å². The van der Waals surface area contributed by atoms with Gasteiger partial charge in [-0.25, -0.2) is 9.37 Å². The van der Waals surface area contributed by atoms with Crippen LogP contribution in [0.4, 0.5) is 4.39 Å². The van der Waals surface area contributed by atoms with Crippen LogP contribution >= 0.6 is 0 Å². The molecule has 0 spiro atoms. The monoisotopic (exact) mass is 393 g/mol. The summed E-state index contributed by atoms with van der Waals surface area (Å²) in [5.41, 5.74) is 0.654. The van der Waals surface area contributed by atoms with Crippen LogP contribution in [0.2, 0.25) is 0 Å². The molecule has 0 saturated heterocycles. The fourth-order valence-corrected chi connectivity index (χ4v) is 2.95. The summed E-state index contributed by atoms with van der Waals surface area (Å²) in [7, 11) is 0. The molecule has 9 heteroatoms. The van der Waals surface area contributed by atoms with Crippen molar-refractivity contribution < 1.29 is 13.7 Å². The van der Waals surface area contributed by atoms with Gasteiger partial charge in [0.1, 0.15) is 11.6 Å². The molecular weight excluding hydrogens is 377 g/mol. The fraction of sp³-hybridized carbons (Fsp3) is 0.150. The van der Waals surface area contributed by atoms with Gasteiger partial charge in [0, 0.05) is 6.92 Å². The number of benzene rings is 2. The van der Waals surface area contributed by atoms with Crippen LogP contribution in [-0.4, -0.2) is 25.6 Å². The number of rotatable bonds is 5. The van der Waals surface area contributed by atoms with Gasteiger partial charge in [-0.1, -0.05) is 17.3 Å². The summed E-state index contributed by atoms with van der Waals surface area (Å²) in [6.45, 7) is 1.63. The number of amides is 1. The van der Waals surface area contributed by atoms with E-state index in [4.69, 9.17) is 4.52 Å². The second kappa shape index (κ2) is 7.63. The first kappa shape index (κ1) is 18.5. The van der Waals surface area contributed by atoms with Crippen LogP contribution in [-0.2, 0) is 17.8 Å². The lowest BCUT2D eigenvalue weighted by Crippen LogP contribution is -2.31. The normalized spacial score (nSPS) is 11.0. The first-order valence-electron chi connectivity index (χ1n) is 8.84. The number of hydrogen-bond donors (Lipinski definition) is 1. The van der Waals surface area contributed by atoms with E-state index in [1.807, 2.05) is 0 Å². The second-order valence-corrected chi connectivity index (χ2v) is 6.35. The molecule has 1 amide bonds. The van der Waals surface area contributed by atoms with Crippen LogP contribution in [0.3, 0.4) is 0 Å². The molecule has 0 fully saturated rings. The number of carbonyl (C=O) groups is 1. The summed E-state index contributed by atoms with van der Waals surface area (Å²) in [5, 5.41) is 6.82. The van der Waals surface area contributed by atoms with Crippen molar-refractivity contribution in [1.82, 2.24) is 25.0 Å². The van der Waals surface area contributed by atoms with Gasteiger partial charge < -0.3 is 9.84 Å². The molecule has 0 saturated carbocycles. The standard InChI is InChI=1S/C20H16FN5O3/c1-12-23-17(25-29-12)10-19(27)22-11-18-24-16-5-3-2-4-15(16)20(28)26(18)14-8-6-13(21)7-9-14/h2-9H,10-11H2,1H3,(H,22,27). The maximum atomic E-state index is 13.3. The Kier molecular flexibility index (Phi) is 4.86. The van der Waals surface area contributed by atoms with Gasteiger partial charge in [-0.05, 0) is 36.4 Å². The van der Waals surface area contributed by atoms with Crippen molar-refractivity contribution in [2.24, 2.45) is 0 Å². The third-order valence-corrected chi connectivity index (χ3v) is 4.26. The van der Waals surface area contributed by atoms with Gasteiger partial charge in [0.2, 0.25) is 11.8 Å². The number of fused-ring (bicyclic) bond motifs is 1. The van der Waals surface area contributed by atoms with Crippen LogP contribution in [0.1, 0.15) is 17.5 Å². The highest BCUT2D eigenvalue weighted by Gasteiger charge is 2.15. The zero-order valence-corrected chi connectivity index (χ0v) is 15.4. The molecule has 29 heavy (non-hydrogen) atoms. The van der Waals surface area contributed by atoms with Gasteiger partial charge in [0.25, 0.3) is 5.56 Å². The molecular formula is C20H16FN5O3. The summed E-state index contributed by atoms with van der Waals surface area (Å²) in [6.07, 6.45) is -0.0638.